The summed E-state index contributed by atoms with van der Waals surface area (Å²) in [6.45, 7) is 1.39. The molecule has 0 heterocycles. The highest BCUT2D eigenvalue weighted by Crippen LogP contribution is 2.19. The molecule has 0 aliphatic rings. The zero-order valence-electron chi connectivity index (χ0n) is 12.6. The molecule has 0 aliphatic heterocycles. The van der Waals surface area contributed by atoms with E-state index in [1.165, 1.54) is 0 Å². The Bertz CT molecular complexity index is 614. The van der Waals surface area contributed by atoms with Crippen LogP contribution in [0.15, 0.2) is 59.8 Å². The Morgan fingerprint density at radius 3 is 2.64 bits per heavy atom. The molecule has 2 aromatic rings. The van der Waals surface area contributed by atoms with Crippen LogP contribution in [0.5, 0.6) is 5.75 Å². The summed E-state index contributed by atoms with van der Waals surface area (Å²) in [4.78, 5) is 2.19. The maximum absolute atomic E-state index is 8.70. The second kappa shape index (κ2) is 7.93. The summed E-state index contributed by atoms with van der Waals surface area (Å²) in [5.41, 5.74) is 7.83. The van der Waals surface area contributed by atoms with Gasteiger partial charge in [-0.05, 0) is 29.8 Å². The Hall–Kier alpha value is -2.69. The summed E-state index contributed by atoms with van der Waals surface area (Å²) in [5, 5.41) is 11.7. The van der Waals surface area contributed by atoms with E-state index in [2.05, 4.69) is 16.1 Å². The molecule has 0 bridgehead atoms. The average Bonchev–Trinajstić information content (AvgIpc) is 2.59. The van der Waals surface area contributed by atoms with Crippen molar-refractivity contribution in [3.05, 3.63) is 60.2 Å². The fraction of sp³-hybridized carbons (Fsp3) is 0.235. The average molecular weight is 299 g/mol. The molecular formula is C17H21N3O2. The monoisotopic (exact) mass is 299 g/mol. The van der Waals surface area contributed by atoms with Crippen LogP contribution in [0.2, 0.25) is 0 Å². The normalized spacial score (nSPS) is 11.2. The Balaban J connectivity index is 2.16. The smallest absolute Gasteiger partial charge is 0.140 e. The van der Waals surface area contributed by atoms with Crippen LogP contribution >= 0.6 is 0 Å². The molecule has 0 spiro atoms. The van der Waals surface area contributed by atoms with E-state index in [1.54, 1.807) is 7.11 Å². The van der Waals surface area contributed by atoms with Crippen LogP contribution in [0.25, 0.3) is 0 Å². The van der Waals surface area contributed by atoms with Gasteiger partial charge in [0, 0.05) is 25.2 Å². The van der Waals surface area contributed by atoms with Crippen LogP contribution in [0.1, 0.15) is 12.0 Å². The molecule has 0 atom stereocenters. The van der Waals surface area contributed by atoms with Crippen molar-refractivity contribution in [1.29, 1.82) is 0 Å². The molecular weight excluding hydrogens is 278 g/mol. The van der Waals surface area contributed by atoms with Crippen LogP contribution in [0.3, 0.4) is 0 Å². The van der Waals surface area contributed by atoms with Crippen molar-refractivity contribution in [2.75, 3.05) is 18.6 Å². The minimum Gasteiger partial charge on any atom is -0.497 e. The molecule has 2 rings (SSSR count). The largest absolute Gasteiger partial charge is 0.497 e. The third-order valence-corrected chi connectivity index (χ3v) is 3.40. The van der Waals surface area contributed by atoms with E-state index in [4.69, 9.17) is 15.7 Å². The standard InChI is InChI=1S/C17H21N3O2/c1-22-16-9-5-6-14(12-16)13-20(11-10-17(18)19-21)15-7-3-2-4-8-15/h2-9,12,21H,10-11,13H2,1H3,(H2,18,19). The number of hydrogen-bond donors (Lipinski definition) is 2. The molecule has 5 nitrogen and oxygen atoms in total. The maximum Gasteiger partial charge on any atom is 0.140 e. The number of amidine groups is 1. The van der Waals surface area contributed by atoms with E-state index >= 15 is 0 Å². The topological polar surface area (TPSA) is 71.1 Å². The summed E-state index contributed by atoms with van der Waals surface area (Å²) in [6.07, 6.45) is 0.495. The van der Waals surface area contributed by atoms with Gasteiger partial charge in [-0.25, -0.2) is 0 Å². The minimum absolute atomic E-state index is 0.228. The van der Waals surface area contributed by atoms with Crippen molar-refractivity contribution in [3.63, 3.8) is 0 Å². The highest BCUT2D eigenvalue weighted by atomic mass is 16.5. The summed E-state index contributed by atoms with van der Waals surface area (Å²) >= 11 is 0. The molecule has 0 aliphatic carbocycles. The SMILES string of the molecule is COc1cccc(CN(CC/C(N)=N/O)c2ccccc2)c1. The van der Waals surface area contributed by atoms with Gasteiger partial charge in [-0.3, -0.25) is 0 Å². The summed E-state index contributed by atoms with van der Waals surface area (Å²) in [7, 11) is 1.66. The number of benzene rings is 2. The van der Waals surface area contributed by atoms with Gasteiger partial charge in [0.2, 0.25) is 0 Å². The first kappa shape index (κ1) is 15.7. The van der Waals surface area contributed by atoms with Gasteiger partial charge in [0.25, 0.3) is 0 Å². The second-order valence-electron chi connectivity index (χ2n) is 4.95. The lowest BCUT2D eigenvalue weighted by Gasteiger charge is -2.25. The number of methoxy groups -OCH3 is 1. The number of para-hydroxylation sites is 1. The third kappa shape index (κ3) is 4.41. The zero-order valence-corrected chi connectivity index (χ0v) is 12.6. The van der Waals surface area contributed by atoms with Gasteiger partial charge in [0.1, 0.15) is 11.6 Å². The zero-order chi connectivity index (χ0) is 15.8. The number of anilines is 1. The van der Waals surface area contributed by atoms with Gasteiger partial charge in [0.15, 0.2) is 0 Å². The highest BCUT2D eigenvalue weighted by Gasteiger charge is 2.09. The molecule has 0 radical (unpaired) electrons. The molecule has 22 heavy (non-hydrogen) atoms. The minimum atomic E-state index is 0.228. The van der Waals surface area contributed by atoms with Gasteiger partial charge >= 0.3 is 0 Å². The van der Waals surface area contributed by atoms with Gasteiger partial charge in [0.05, 0.1) is 7.11 Å². The van der Waals surface area contributed by atoms with Crippen molar-refractivity contribution < 1.29 is 9.94 Å². The van der Waals surface area contributed by atoms with Crippen molar-refractivity contribution in [2.45, 2.75) is 13.0 Å². The van der Waals surface area contributed by atoms with Crippen molar-refractivity contribution >= 4 is 11.5 Å². The van der Waals surface area contributed by atoms with Gasteiger partial charge in [-0.1, -0.05) is 35.5 Å². The van der Waals surface area contributed by atoms with Crippen LogP contribution in [0, 0.1) is 0 Å². The fourth-order valence-electron chi connectivity index (χ4n) is 2.23. The third-order valence-electron chi connectivity index (χ3n) is 3.40. The first-order valence-electron chi connectivity index (χ1n) is 7.12. The molecule has 0 unspecified atom stereocenters. The lowest BCUT2D eigenvalue weighted by atomic mass is 10.1. The predicted octanol–water partition coefficient (Wildman–Crippen LogP) is 2.84. The molecule has 0 amide bonds. The summed E-state index contributed by atoms with van der Waals surface area (Å²) in [6, 6.07) is 18.0. The quantitative estimate of drug-likeness (QED) is 0.357. The summed E-state index contributed by atoms with van der Waals surface area (Å²) < 4.78 is 5.27. The molecule has 0 fully saturated rings. The van der Waals surface area contributed by atoms with Crippen molar-refractivity contribution in [2.24, 2.45) is 10.9 Å². The van der Waals surface area contributed by atoms with Gasteiger partial charge < -0.3 is 20.6 Å². The Morgan fingerprint density at radius 1 is 1.18 bits per heavy atom. The van der Waals surface area contributed by atoms with Gasteiger partial charge in [-0.15, -0.1) is 0 Å². The van der Waals surface area contributed by atoms with E-state index < -0.39 is 0 Å². The van der Waals surface area contributed by atoms with Crippen LogP contribution < -0.4 is 15.4 Å². The highest BCUT2D eigenvalue weighted by molar-refractivity contribution is 5.80. The van der Waals surface area contributed by atoms with E-state index in [0.717, 1.165) is 23.5 Å². The predicted molar refractivity (Wildman–Crippen MR) is 88.5 cm³/mol. The van der Waals surface area contributed by atoms with Crippen molar-refractivity contribution in [3.8, 4) is 5.75 Å². The van der Waals surface area contributed by atoms with Crippen molar-refractivity contribution in [1.82, 2.24) is 0 Å². The number of rotatable bonds is 7. The first-order valence-corrected chi connectivity index (χ1v) is 7.12. The Labute approximate surface area is 130 Å². The Kier molecular flexibility index (Phi) is 5.65. The maximum atomic E-state index is 8.70. The van der Waals surface area contributed by atoms with E-state index in [1.807, 2.05) is 48.5 Å². The van der Waals surface area contributed by atoms with E-state index in [9.17, 15) is 0 Å². The fourth-order valence-corrected chi connectivity index (χ4v) is 2.23. The van der Waals surface area contributed by atoms with Crippen LogP contribution in [0.4, 0.5) is 5.69 Å². The van der Waals surface area contributed by atoms with Crippen LogP contribution in [-0.4, -0.2) is 24.7 Å². The number of oxime groups is 1. The molecule has 0 aromatic heterocycles. The molecule has 5 heteroatoms. The molecule has 116 valence electrons. The Morgan fingerprint density at radius 2 is 1.95 bits per heavy atom. The molecule has 0 saturated carbocycles. The number of hydrogen-bond acceptors (Lipinski definition) is 4. The lowest BCUT2D eigenvalue weighted by Crippen LogP contribution is -2.27. The number of nitrogens with two attached hydrogens (primary N) is 1. The van der Waals surface area contributed by atoms with E-state index in [-0.39, 0.29) is 5.84 Å². The first-order chi connectivity index (χ1) is 10.7. The molecule has 0 saturated heterocycles. The second-order valence-corrected chi connectivity index (χ2v) is 4.95. The molecule has 3 N–H and O–H groups in total. The van der Waals surface area contributed by atoms with Crippen LogP contribution in [-0.2, 0) is 6.54 Å². The molecule has 2 aromatic carbocycles. The van der Waals surface area contributed by atoms with Gasteiger partial charge in [-0.2, -0.15) is 0 Å². The van der Waals surface area contributed by atoms with E-state index in [0.29, 0.717) is 13.0 Å². The summed E-state index contributed by atoms with van der Waals surface area (Å²) in [5.74, 6) is 1.06. The lowest BCUT2D eigenvalue weighted by molar-refractivity contribution is 0.317. The number of ether oxygens (including phenoxy) is 1. The number of nitrogens with zero attached hydrogens (tertiary/aromatic N) is 2.